The van der Waals surface area contributed by atoms with Crippen LogP contribution in [-0.4, -0.2) is 17.1 Å². The summed E-state index contributed by atoms with van der Waals surface area (Å²) >= 11 is 1.41. The van der Waals surface area contributed by atoms with E-state index in [0.717, 1.165) is 15.8 Å². The molecule has 0 bridgehead atoms. The first-order valence-corrected chi connectivity index (χ1v) is 5.40. The summed E-state index contributed by atoms with van der Waals surface area (Å²) in [6.45, 7) is 0. The van der Waals surface area contributed by atoms with E-state index in [4.69, 9.17) is 10.00 Å². The fourth-order valence-corrected chi connectivity index (χ4v) is 2.06. The van der Waals surface area contributed by atoms with Gasteiger partial charge in [0.05, 0.1) is 12.7 Å². The minimum atomic E-state index is 0.613. The SMILES string of the molecule is COc1ccc(C#N)c(Sc2ncc[nH]2)c1. The zero-order valence-electron chi connectivity index (χ0n) is 8.60. The van der Waals surface area contributed by atoms with E-state index in [2.05, 4.69) is 16.0 Å². The predicted molar refractivity (Wildman–Crippen MR) is 60.4 cm³/mol. The van der Waals surface area contributed by atoms with Gasteiger partial charge in [0.2, 0.25) is 0 Å². The highest BCUT2D eigenvalue weighted by atomic mass is 32.2. The molecule has 5 heteroatoms. The van der Waals surface area contributed by atoms with Crippen LogP contribution in [0.4, 0.5) is 0 Å². The number of nitrogens with zero attached hydrogens (tertiary/aromatic N) is 2. The first kappa shape index (κ1) is 10.6. The van der Waals surface area contributed by atoms with Crippen molar-refractivity contribution in [1.82, 2.24) is 9.97 Å². The summed E-state index contributed by atoms with van der Waals surface area (Å²) in [6.07, 6.45) is 3.42. The van der Waals surface area contributed by atoms with Crippen LogP contribution in [0.15, 0.2) is 40.6 Å². The van der Waals surface area contributed by atoms with Crippen molar-refractivity contribution in [3.63, 3.8) is 0 Å². The molecule has 0 radical (unpaired) electrons. The largest absolute Gasteiger partial charge is 0.497 e. The molecule has 0 aliphatic heterocycles. The van der Waals surface area contributed by atoms with Crippen molar-refractivity contribution in [1.29, 1.82) is 5.26 Å². The lowest BCUT2D eigenvalue weighted by atomic mass is 10.2. The van der Waals surface area contributed by atoms with E-state index >= 15 is 0 Å². The van der Waals surface area contributed by atoms with Crippen molar-refractivity contribution in [3.8, 4) is 11.8 Å². The molecule has 1 aromatic carbocycles. The quantitative estimate of drug-likeness (QED) is 0.881. The highest BCUT2D eigenvalue weighted by Gasteiger charge is 2.07. The van der Waals surface area contributed by atoms with Gasteiger partial charge >= 0.3 is 0 Å². The highest BCUT2D eigenvalue weighted by Crippen LogP contribution is 2.30. The Morgan fingerprint density at radius 1 is 1.50 bits per heavy atom. The third-order valence-electron chi connectivity index (χ3n) is 1.99. The molecular weight excluding hydrogens is 222 g/mol. The van der Waals surface area contributed by atoms with Crippen LogP contribution in [0.25, 0.3) is 0 Å². The van der Waals surface area contributed by atoms with E-state index in [1.807, 2.05) is 6.07 Å². The fraction of sp³-hybridized carbons (Fsp3) is 0.0909. The van der Waals surface area contributed by atoms with Gasteiger partial charge in [-0.2, -0.15) is 5.26 Å². The number of ether oxygens (including phenoxy) is 1. The lowest BCUT2D eigenvalue weighted by molar-refractivity contribution is 0.413. The second-order valence-corrected chi connectivity index (χ2v) is 4.00. The molecule has 0 aliphatic carbocycles. The minimum Gasteiger partial charge on any atom is -0.497 e. The molecule has 0 atom stereocenters. The van der Waals surface area contributed by atoms with Gasteiger partial charge in [0.25, 0.3) is 0 Å². The Morgan fingerprint density at radius 2 is 2.38 bits per heavy atom. The van der Waals surface area contributed by atoms with Crippen molar-refractivity contribution in [2.24, 2.45) is 0 Å². The molecule has 0 amide bonds. The van der Waals surface area contributed by atoms with Crippen molar-refractivity contribution >= 4 is 11.8 Å². The summed E-state index contributed by atoms with van der Waals surface area (Å²) in [6, 6.07) is 7.48. The minimum absolute atomic E-state index is 0.613. The molecule has 0 fully saturated rings. The van der Waals surface area contributed by atoms with Crippen LogP contribution >= 0.6 is 11.8 Å². The van der Waals surface area contributed by atoms with Crippen LogP contribution < -0.4 is 4.74 Å². The van der Waals surface area contributed by atoms with Crippen LogP contribution in [0, 0.1) is 11.3 Å². The molecule has 1 aromatic heterocycles. The van der Waals surface area contributed by atoms with Crippen molar-refractivity contribution in [3.05, 3.63) is 36.2 Å². The van der Waals surface area contributed by atoms with Gasteiger partial charge in [-0.15, -0.1) is 0 Å². The summed E-state index contributed by atoms with van der Waals surface area (Å²) in [5, 5.41) is 9.73. The monoisotopic (exact) mass is 231 g/mol. The van der Waals surface area contributed by atoms with E-state index in [-0.39, 0.29) is 0 Å². The molecule has 2 rings (SSSR count). The molecule has 80 valence electrons. The van der Waals surface area contributed by atoms with E-state index in [1.54, 1.807) is 31.6 Å². The Labute approximate surface area is 97.3 Å². The molecule has 4 nitrogen and oxygen atoms in total. The Balaban J connectivity index is 2.34. The Morgan fingerprint density at radius 3 is 3.00 bits per heavy atom. The normalized spacial score (nSPS) is 9.75. The Hall–Kier alpha value is -1.93. The lowest BCUT2D eigenvalue weighted by Crippen LogP contribution is -1.87. The second kappa shape index (κ2) is 4.73. The van der Waals surface area contributed by atoms with Crippen LogP contribution in [0.1, 0.15) is 5.56 Å². The number of aromatic amines is 1. The van der Waals surface area contributed by atoms with E-state index in [0.29, 0.717) is 5.56 Å². The zero-order chi connectivity index (χ0) is 11.4. The maximum atomic E-state index is 8.98. The number of nitrogens with one attached hydrogen (secondary N) is 1. The summed E-state index contributed by atoms with van der Waals surface area (Å²) in [4.78, 5) is 7.91. The predicted octanol–water partition coefficient (Wildman–Crippen LogP) is 2.44. The average Bonchev–Trinajstić information content (AvgIpc) is 2.82. The summed E-state index contributed by atoms with van der Waals surface area (Å²) < 4.78 is 5.12. The topological polar surface area (TPSA) is 61.7 Å². The van der Waals surface area contributed by atoms with Crippen LogP contribution in [0.3, 0.4) is 0 Å². The van der Waals surface area contributed by atoms with Crippen LogP contribution in [0.5, 0.6) is 5.75 Å². The third-order valence-corrected chi connectivity index (χ3v) is 2.96. The standard InChI is InChI=1S/C11H9N3OS/c1-15-9-3-2-8(7-12)10(6-9)16-11-13-4-5-14-11/h2-6H,1H3,(H,13,14). The second-order valence-electron chi connectivity index (χ2n) is 2.97. The van der Waals surface area contributed by atoms with Gasteiger partial charge < -0.3 is 9.72 Å². The van der Waals surface area contributed by atoms with Gasteiger partial charge in [0, 0.05) is 17.3 Å². The number of rotatable bonds is 3. The molecular formula is C11H9N3OS. The number of nitriles is 1. The van der Waals surface area contributed by atoms with Gasteiger partial charge in [0.1, 0.15) is 11.8 Å². The molecule has 1 N–H and O–H groups in total. The van der Waals surface area contributed by atoms with Crippen LogP contribution in [0.2, 0.25) is 0 Å². The Bertz CT molecular complexity index is 517. The summed E-state index contributed by atoms with van der Waals surface area (Å²) in [5.41, 5.74) is 0.613. The first-order valence-electron chi connectivity index (χ1n) is 4.59. The number of H-pyrrole nitrogens is 1. The Kier molecular flexibility index (Phi) is 3.13. The summed E-state index contributed by atoms with van der Waals surface area (Å²) in [5.74, 6) is 0.730. The smallest absolute Gasteiger partial charge is 0.170 e. The zero-order valence-corrected chi connectivity index (χ0v) is 9.41. The number of hydrogen-bond donors (Lipinski definition) is 1. The number of imidazole rings is 1. The molecule has 1 heterocycles. The molecule has 0 aliphatic rings. The van der Waals surface area contributed by atoms with E-state index < -0.39 is 0 Å². The third kappa shape index (κ3) is 2.18. The van der Waals surface area contributed by atoms with Gasteiger partial charge in [-0.1, -0.05) is 11.8 Å². The number of aromatic nitrogens is 2. The number of hydrogen-bond acceptors (Lipinski definition) is 4. The lowest BCUT2D eigenvalue weighted by Gasteiger charge is -2.04. The molecule has 0 saturated heterocycles. The molecule has 16 heavy (non-hydrogen) atoms. The van der Waals surface area contributed by atoms with Gasteiger partial charge in [0.15, 0.2) is 5.16 Å². The maximum absolute atomic E-state index is 8.98. The molecule has 0 saturated carbocycles. The van der Waals surface area contributed by atoms with Crippen molar-refractivity contribution in [2.45, 2.75) is 10.1 Å². The average molecular weight is 231 g/mol. The number of benzene rings is 1. The van der Waals surface area contributed by atoms with Crippen LogP contribution in [-0.2, 0) is 0 Å². The van der Waals surface area contributed by atoms with Gasteiger partial charge in [-0.3, -0.25) is 0 Å². The van der Waals surface area contributed by atoms with E-state index in [9.17, 15) is 0 Å². The highest BCUT2D eigenvalue weighted by molar-refractivity contribution is 7.99. The van der Waals surface area contributed by atoms with Crippen molar-refractivity contribution in [2.75, 3.05) is 7.11 Å². The molecule has 2 aromatic rings. The van der Waals surface area contributed by atoms with Crippen molar-refractivity contribution < 1.29 is 4.74 Å². The van der Waals surface area contributed by atoms with Gasteiger partial charge in [-0.25, -0.2) is 4.98 Å². The number of methoxy groups -OCH3 is 1. The summed E-state index contributed by atoms with van der Waals surface area (Å²) in [7, 11) is 1.60. The fourth-order valence-electron chi connectivity index (χ4n) is 1.22. The first-order chi connectivity index (χ1) is 7.83. The van der Waals surface area contributed by atoms with E-state index in [1.165, 1.54) is 11.8 Å². The van der Waals surface area contributed by atoms with Gasteiger partial charge in [-0.05, 0) is 18.2 Å². The maximum Gasteiger partial charge on any atom is 0.170 e. The molecule has 0 spiro atoms. The molecule has 0 unspecified atom stereocenters.